The second-order valence-corrected chi connectivity index (χ2v) is 4.34. The summed E-state index contributed by atoms with van der Waals surface area (Å²) in [7, 11) is 4.69. The highest BCUT2D eigenvalue weighted by Gasteiger charge is 2.21. The highest BCUT2D eigenvalue weighted by Crippen LogP contribution is 2.40. The topological polar surface area (TPSA) is 73.9 Å². The normalized spacial score (nSPS) is 13.8. The standard InChI is InChI=1S/C14H23NO4/c1-5-9(8-16)13(15)10-6-11(17-2)14(19-4)12(7-10)18-3/h6-7,9,13,16H,5,8,15H2,1-4H3. The van der Waals surface area contributed by atoms with Crippen LogP contribution >= 0.6 is 0 Å². The molecule has 5 heteroatoms. The van der Waals surface area contributed by atoms with E-state index < -0.39 is 0 Å². The van der Waals surface area contributed by atoms with E-state index >= 15 is 0 Å². The number of hydrogen-bond donors (Lipinski definition) is 2. The lowest BCUT2D eigenvalue weighted by molar-refractivity contribution is 0.200. The first kappa shape index (κ1) is 15.6. The van der Waals surface area contributed by atoms with Crippen molar-refractivity contribution in [1.82, 2.24) is 0 Å². The Bertz CT molecular complexity index is 379. The summed E-state index contributed by atoms with van der Waals surface area (Å²) in [6, 6.07) is 3.37. The van der Waals surface area contributed by atoms with Crippen molar-refractivity contribution >= 4 is 0 Å². The van der Waals surface area contributed by atoms with E-state index in [9.17, 15) is 5.11 Å². The summed E-state index contributed by atoms with van der Waals surface area (Å²) < 4.78 is 15.9. The molecule has 3 N–H and O–H groups in total. The molecule has 0 spiro atoms. The summed E-state index contributed by atoms with van der Waals surface area (Å²) >= 11 is 0. The SMILES string of the molecule is CCC(CO)C(N)c1cc(OC)c(OC)c(OC)c1. The van der Waals surface area contributed by atoms with Crippen LogP contribution in [0.4, 0.5) is 0 Å². The molecule has 0 aliphatic heterocycles. The molecule has 2 atom stereocenters. The van der Waals surface area contributed by atoms with E-state index in [0.29, 0.717) is 17.2 Å². The summed E-state index contributed by atoms with van der Waals surface area (Å²) in [5.74, 6) is 1.68. The minimum atomic E-state index is -0.274. The lowest BCUT2D eigenvalue weighted by atomic mass is 9.92. The van der Waals surface area contributed by atoms with E-state index in [1.165, 1.54) is 0 Å². The highest BCUT2D eigenvalue weighted by atomic mass is 16.5. The van der Waals surface area contributed by atoms with Crippen LogP contribution in [0.25, 0.3) is 0 Å². The van der Waals surface area contributed by atoms with Gasteiger partial charge in [-0.15, -0.1) is 0 Å². The average Bonchev–Trinajstić information content (AvgIpc) is 2.46. The van der Waals surface area contributed by atoms with E-state index in [4.69, 9.17) is 19.9 Å². The molecule has 0 saturated carbocycles. The van der Waals surface area contributed by atoms with Crippen LogP contribution < -0.4 is 19.9 Å². The molecule has 1 aromatic carbocycles. The Morgan fingerprint density at radius 3 is 1.95 bits per heavy atom. The van der Waals surface area contributed by atoms with Gasteiger partial charge in [-0.3, -0.25) is 0 Å². The summed E-state index contributed by atoms with van der Waals surface area (Å²) in [5.41, 5.74) is 7.04. The Morgan fingerprint density at radius 2 is 1.63 bits per heavy atom. The van der Waals surface area contributed by atoms with E-state index in [2.05, 4.69) is 0 Å². The minimum Gasteiger partial charge on any atom is -0.493 e. The molecule has 0 aliphatic rings. The molecule has 0 amide bonds. The van der Waals surface area contributed by atoms with Crippen LogP contribution in [0.3, 0.4) is 0 Å². The van der Waals surface area contributed by atoms with Gasteiger partial charge in [-0.25, -0.2) is 0 Å². The Hall–Kier alpha value is -1.46. The summed E-state index contributed by atoms with van der Waals surface area (Å²) in [6.07, 6.45) is 0.800. The quantitative estimate of drug-likeness (QED) is 0.788. The predicted molar refractivity (Wildman–Crippen MR) is 73.9 cm³/mol. The maximum atomic E-state index is 9.34. The van der Waals surface area contributed by atoms with Crippen LogP contribution in [-0.2, 0) is 0 Å². The van der Waals surface area contributed by atoms with Gasteiger partial charge in [-0.2, -0.15) is 0 Å². The molecule has 0 saturated heterocycles. The third-order valence-corrected chi connectivity index (χ3v) is 3.34. The fourth-order valence-electron chi connectivity index (χ4n) is 2.06. The van der Waals surface area contributed by atoms with Crippen molar-refractivity contribution in [3.05, 3.63) is 17.7 Å². The first-order chi connectivity index (χ1) is 9.12. The van der Waals surface area contributed by atoms with E-state index in [1.807, 2.05) is 19.1 Å². The number of aliphatic hydroxyl groups is 1. The lowest BCUT2D eigenvalue weighted by Gasteiger charge is -2.23. The molecule has 1 rings (SSSR count). The molecule has 0 fully saturated rings. The average molecular weight is 269 g/mol. The number of methoxy groups -OCH3 is 3. The van der Waals surface area contributed by atoms with Crippen LogP contribution in [0.5, 0.6) is 17.2 Å². The van der Waals surface area contributed by atoms with Crippen molar-refractivity contribution in [3.63, 3.8) is 0 Å². The van der Waals surface area contributed by atoms with Gasteiger partial charge in [0.1, 0.15) is 0 Å². The molecule has 19 heavy (non-hydrogen) atoms. The largest absolute Gasteiger partial charge is 0.493 e. The first-order valence-electron chi connectivity index (χ1n) is 6.29. The van der Waals surface area contributed by atoms with Gasteiger partial charge in [0, 0.05) is 18.6 Å². The molecular formula is C14H23NO4. The van der Waals surface area contributed by atoms with Crippen LogP contribution in [0, 0.1) is 5.92 Å². The molecule has 0 radical (unpaired) electrons. The van der Waals surface area contributed by atoms with Crippen molar-refractivity contribution in [3.8, 4) is 17.2 Å². The lowest BCUT2D eigenvalue weighted by Crippen LogP contribution is -2.24. The fraction of sp³-hybridized carbons (Fsp3) is 0.571. The zero-order chi connectivity index (χ0) is 14.4. The highest BCUT2D eigenvalue weighted by molar-refractivity contribution is 5.54. The molecule has 0 aliphatic carbocycles. The third-order valence-electron chi connectivity index (χ3n) is 3.34. The van der Waals surface area contributed by atoms with Crippen LogP contribution in [0.2, 0.25) is 0 Å². The van der Waals surface area contributed by atoms with E-state index in [-0.39, 0.29) is 18.6 Å². The maximum absolute atomic E-state index is 9.34. The molecular weight excluding hydrogens is 246 g/mol. The van der Waals surface area contributed by atoms with Gasteiger partial charge >= 0.3 is 0 Å². The van der Waals surface area contributed by atoms with Crippen LogP contribution in [-0.4, -0.2) is 33.0 Å². The zero-order valence-electron chi connectivity index (χ0n) is 12.0. The van der Waals surface area contributed by atoms with Gasteiger partial charge in [0.15, 0.2) is 11.5 Å². The molecule has 108 valence electrons. The van der Waals surface area contributed by atoms with E-state index in [0.717, 1.165) is 12.0 Å². The van der Waals surface area contributed by atoms with Gasteiger partial charge in [0.25, 0.3) is 0 Å². The fourth-order valence-corrected chi connectivity index (χ4v) is 2.06. The van der Waals surface area contributed by atoms with Crippen LogP contribution in [0.1, 0.15) is 24.9 Å². The van der Waals surface area contributed by atoms with Gasteiger partial charge in [-0.1, -0.05) is 6.92 Å². The number of ether oxygens (including phenoxy) is 3. The van der Waals surface area contributed by atoms with Crippen LogP contribution in [0.15, 0.2) is 12.1 Å². The Morgan fingerprint density at radius 1 is 1.11 bits per heavy atom. The Balaban J connectivity index is 3.22. The monoisotopic (exact) mass is 269 g/mol. The molecule has 2 unspecified atom stereocenters. The summed E-state index contributed by atoms with van der Waals surface area (Å²) in [5, 5.41) is 9.34. The van der Waals surface area contributed by atoms with Crippen molar-refractivity contribution in [1.29, 1.82) is 0 Å². The van der Waals surface area contributed by atoms with Gasteiger partial charge < -0.3 is 25.1 Å². The van der Waals surface area contributed by atoms with Gasteiger partial charge in [-0.05, 0) is 24.1 Å². The number of nitrogens with two attached hydrogens (primary N) is 1. The third kappa shape index (κ3) is 3.30. The Labute approximate surface area is 114 Å². The van der Waals surface area contributed by atoms with Crippen molar-refractivity contribution < 1.29 is 19.3 Å². The number of hydrogen-bond acceptors (Lipinski definition) is 5. The molecule has 5 nitrogen and oxygen atoms in total. The molecule has 0 aromatic heterocycles. The van der Waals surface area contributed by atoms with Crippen molar-refractivity contribution in [2.24, 2.45) is 11.7 Å². The second kappa shape index (κ2) is 7.21. The first-order valence-corrected chi connectivity index (χ1v) is 6.29. The molecule has 0 bridgehead atoms. The maximum Gasteiger partial charge on any atom is 0.203 e. The molecule has 0 heterocycles. The predicted octanol–water partition coefficient (Wildman–Crippen LogP) is 1.73. The van der Waals surface area contributed by atoms with Gasteiger partial charge in [0.2, 0.25) is 5.75 Å². The molecule has 1 aromatic rings. The number of rotatable bonds is 7. The Kier molecular flexibility index (Phi) is 5.92. The van der Waals surface area contributed by atoms with E-state index in [1.54, 1.807) is 21.3 Å². The minimum absolute atomic E-state index is 0.00260. The van der Waals surface area contributed by atoms with Crippen molar-refractivity contribution in [2.75, 3.05) is 27.9 Å². The second-order valence-electron chi connectivity index (χ2n) is 4.34. The number of aliphatic hydroxyl groups excluding tert-OH is 1. The smallest absolute Gasteiger partial charge is 0.203 e. The van der Waals surface area contributed by atoms with Crippen molar-refractivity contribution in [2.45, 2.75) is 19.4 Å². The van der Waals surface area contributed by atoms with Gasteiger partial charge in [0.05, 0.1) is 21.3 Å². The summed E-state index contributed by atoms with van der Waals surface area (Å²) in [6.45, 7) is 2.05. The zero-order valence-corrected chi connectivity index (χ0v) is 12.0. The summed E-state index contributed by atoms with van der Waals surface area (Å²) in [4.78, 5) is 0. The number of benzene rings is 1.